The monoisotopic (exact) mass is 671 g/mol. The first-order chi connectivity index (χ1) is 19.1. The van der Waals surface area contributed by atoms with Crippen LogP contribution in [0.3, 0.4) is 0 Å². The zero-order valence-electron chi connectivity index (χ0n) is 28.1. The van der Waals surface area contributed by atoms with Gasteiger partial charge in [-0.15, -0.1) is 0 Å². The summed E-state index contributed by atoms with van der Waals surface area (Å²) in [5, 5.41) is 2.64. The van der Waals surface area contributed by atoms with Gasteiger partial charge in [0.05, 0.1) is 6.61 Å². The quantitative estimate of drug-likeness (QED) is 0.0857. The molecule has 0 aliphatic rings. The summed E-state index contributed by atoms with van der Waals surface area (Å²) < 4.78 is 32.9. The van der Waals surface area contributed by atoms with E-state index in [1.807, 2.05) is 6.07 Å². The molecule has 0 radical (unpaired) electrons. The Balaban J connectivity index is 2.98. The Morgan fingerprint density at radius 3 is 1.86 bits per heavy atom. The minimum atomic E-state index is -2.73. The molecule has 0 bridgehead atoms. The van der Waals surface area contributed by atoms with Crippen LogP contribution in [0.1, 0.15) is 31.7 Å². The van der Waals surface area contributed by atoms with E-state index < -0.39 is 48.4 Å². The predicted octanol–water partition coefficient (Wildman–Crippen LogP) is 7.85. The van der Waals surface area contributed by atoms with Gasteiger partial charge in [-0.2, -0.15) is 0 Å². The third-order valence-electron chi connectivity index (χ3n) is 6.01. The molecule has 0 heterocycles. The van der Waals surface area contributed by atoms with E-state index in [1.54, 1.807) is 6.92 Å². The molecule has 0 fully saturated rings. The van der Waals surface area contributed by atoms with Crippen LogP contribution in [0.15, 0.2) is 42.5 Å². The SMILES string of the molecule is C=C(C)C(=O)CCNC(=O)OCCC[Si](C)(O[Si](C)(C)C)O[Si](C)(CCCc1ccccc1)O[Si](C)(C)O[Si](C)(C)C. The van der Waals surface area contributed by atoms with Crippen molar-refractivity contribution in [2.75, 3.05) is 13.2 Å². The Kier molecular flexibility index (Phi) is 15.5. The van der Waals surface area contributed by atoms with E-state index in [-0.39, 0.29) is 25.4 Å². The van der Waals surface area contributed by atoms with E-state index in [0.29, 0.717) is 18.0 Å². The van der Waals surface area contributed by atoms with Crippen LogP contribution >= 0.6 is 0 Å². The topological polar surface area (TPSA) is 92.3 Å². The second-order valence-electron chi connectivity index (χ2n) is 13.8. The minimum Gasteiger partial charge on any atom is -0.450 e. The summed E-state index contributed by atoms with van der Waals surface area (Å²) in [4.78, 5) is 23.8. The molecule has 1 aromatic rings. The highest BCUT2D eigenvalue weighted by Crippen LogP contribution is 2.32. The molecule has 0 aliphatic carbocycles. The average molecular weight is 672 g/mol. The zero-order valence-corrected chi connectivity index (χ0v) is 33.1. The van der Waals surface area contributed by atoms with Gasteiger partial charge in [-0.25, -0.2) is 4.79 Å². The zero-order chi connectivity index (χ0) is 32.2. The molecule has 2 unspecified atom stereocenters. The number of carbonyl (C=O) groups excluding carboxylic acids is 2. The maximum Gasteiger partial charge on any atom is 0.407 e. The molecule has 13 heteroatoms. The molecule has 1 aromatic carbocycles. The fourth-order valence-electron chi connectivity index (χ4n) is 4.99. The molecule has 0 aliphatic heterocycles. The number of carbonyl (C=O) groups is 2. The fourth-order valence-corrected chi connectivity index (χ4v) is 28.7. The summed E-state index contributed by atoms with van der Waals surface area (Å²) in [5.74, 6) is -0.0719. The Bertz CT molecular complexity index is 1010. The van der Waals surface area contributed by atoms with Crippen LogP contribution in [0.2, 0.25) is 77.6 Å². The van der Waals surface area contributed by atoms with Crippen LogP contribution in [-0.2, 0) is 32.4 Å². The molecule has 8 nitrogen and oxygen atoms in total. The van der Waals surface area contributed by atoms with E-state index in [4.69, 9.17) is 21.2 Å². The molecular formula is C29H57NO7Si5. The summed E-state index contributed by atoms with van der Waals surface area (Å²) >= 11 is 0. The van der Waals surface area contributed by atoms with E-state index in [2.05, 4.69) is 102 Å². The Hall–Kier alpha value is -1.18. The molecule has 42 heavy (non-hydrogen) atoms. The lowest BCUT2D eigenvalue weighted by atomic mass is 10.1. The molecule has 0 aromatic heterocycles. The van der Waals surface area contributed by atoms with Crippen molar-refractivity contribution in [1.29, 1.82) is 0 Å². The minimum absolute atomic E-state index is 0.0719. The van der Waals surface area contributed by atoms with Crippen molar-refractivity contribution >= 4 is 54.2 Å². The lowest BCUT2D eigenvalue weighted by Crippen LogP contribution is -2.60. The van der Waals surface area contributed by atoms with Crippen LogP contribution in [0, 0.1) is 0 Å². The highest BCUT2D eigenvalue weighted by molar-refractivity contribution is 6.90. The highest BCUT2D eigenvalue weighted by Gasteiger charge is 2.48. The predicted molar refractivity (Wildman–Crippen MR) is 185 cm³/mol. The number of alkyl carbamates (subject to hydrolysis) is 1. The Morgan fingerprint density at radius 2 is 1.31 bits per heavy atom. The van der Waals surface area contributed by atoms with E-state index in [1.165, 1.54) is 5.56 Å². The van der Waals surface area contributed by atoms with Crippen molar-refractivity contribution in [3.05, 3.63) is 48.0 Å². The lowest BCUT2D eigenvalue weighted by molar-refractivity contribution is -0.115. The molecule has 0 saturated carbocycles. The average Bonchev–Trinajstić information content (AvgIpc) is 2.79. The second-order valence-corrected chi connectivity index (χ2v) is 33.8. The number of allylic oxidation sites excluding steroid dienone is 1. The van der Waals surface area contributed by atoms with E-state index >= 15 is 0 Å². The maximum atomic E-state index is 12.2. The Labute approximate surface area is 260 Å². The first-order valence-electron chi connectivity index (χ1n) is 15.1. The van der Waals surface area contributed by atoms with Gasteiger partial charge in [-0.05, 0) is 115 Å². The number of ether oxygens (including phenoxy) is 1. The molecule has 1 amide bonds. The number of hydrogen-bond acceptors (Lipinski definition) is 7. The number of ketones is 1. The summed E-state index contributed by atoms with van der Waals surface area (Å²) in [6, 6.07) is 12.0. The molecule has 1 rings (SSSR count). The van der Waals surface area contributed by atoms with Crippen molar-refractivity contribution < 1.29 is 30.8 Å². The van der Waals surface area contributed by atoms with Crippen molar-refractivity contribution in [2.24, 2.45) is 0 Å². The van der Waals surface area contributed by atoms with Crippen molar-refractivity contribution in [3.63, 3.8) is 0 Å². The van der Waals surface area contributed by atoms with Crippen LogP contribution in [0.5, 0.6) is 0 Å². The maximum absolute atomic E-state index is 12.2. The van der Waals surface area contributed by atoms with Gasteiger partial charge in [0.2, 0.25) is 0 Å². The number of Topliss-reactive ketones (excluding diaryl/α,β-unsaturated/α-hetero) is 1. The van der Waals surface area contributed by atoms with Crippen molar-refractivity contribution in [1.82, 2.24) is 5.32 Å². The molecule has 0 saturated heterocycles. The first kappa shape index (κ1) is 38.8. The van der Waals surface area contributed by atoms with Gasteiger partial charge in [0, 0.05) is 13.0 Å². The largest absolute Gasteiger partial charge is 0.450 e. The number of benzene rings is 1. The Morgan fingerprint density at radius 1 is 0.762 bits per heavy atom. The van der Waals surface area contributed by atoms with Crippen LogP contribution < -0.4 is 5.32 Å². The first-order valence-corrected chi connectivity index (χ1v) is 29.7. The summed E-state index contributed by atoms with van der Waals surface area (Å²) in [7, 11) is -11.7. The van der Waals surface area contributed by atoms with Crippen molar-refractivity contribution in [3.8, 4) is 0 Å². The third kappa shape index (κ3) is 17.8. The van der Waals surface area contributed by atoms with Gasteiger partial charge in [0.15, 0.2) is 22.4 Å². The van der Waals surface area contributed by atoms with E-state index in [0.717, 1.165) is 18.9 Å². The number of rotatable bonds is 20. The molecule has 2 atom stereocenters. The van der Waals surface area contributed by atoms with Gasteiger partial charge >= 0.3 is 31.8 Å². The number of hydrogen-bond donors (Lipinski definition) is 1. The molecule has 240 valence electrons. The lowest BCUT2D eigenvalue weighted by Gasteiger charge is -2.44. The van der Waals surface area contributed by atoms with Gasteiger partial charge in [0.1, 0.15) is 0 Å². The molecule has 0 spiro atoms. The van der Waals surface area contributed by atoms with Crippen LogP contribution in [-0.4, -0.2) is 67.3 Å². The van der Waals surface area contributed by atoms with Gasteiger partial charge in [-0.1, -0.05) is 36.9 Å². The third-order valence-corrected chi connectivity index (χ3v) is 24.3. The highest BCUT2D eigenvalue weighted by atomic mass is 28.5. The van der Waals surface area contributed by atoms with Crippen LogP contribution in [0.25, 0.3) is 0 Å². The summed E-state index contributed by atoms with van der Waals surface area (Å²) in [6.07, 6.45) is 2.22. The van der Waals surface area contributed by atoms with E-state index in [9.17, 15) is 9.59 Å². The molecular weight excluding hydrogens is 615 g/mol. The smallest absolute Gasteiger partial charge is 0.407 e. The standard InChI is InChI=1S/C29H57NO7Si5/c1-26(2)28(31)21-22-30-29(32)33-23-17-25-41(11,35-39(6,7)8)37-42(12,36-40(9,10)34-38(3,4)5)24-16-20-27-18-14-13-15-19-27/h13-15,18-19H,1,16-17,20-25H2,2-12H3,(H,30,32). The fraction of sp³-hybridized carbons (Fsp3) is 0.655. The van der Waals surface area contributed by atoms with Crippen LogP contribution in [0.4, 0.5) is 4.79 Å². The number of nitrogens with one attached hydrogen (secondary N) is 1. The van der Waals surface area contributed by atoms with Gasteiger partial charge < -0.3 is 26.5 Å². The van der Waals surface area contributed by atoms with Gasteiger partial charge in [-0.3, -0.25) is 4.79 Å². The summed E-state index contributed by atoms with van der Waals surface area (Å²) in [5.41, 5.74) is 1.79. The van der Waals surface area contributed by atoms with Crippen molar-refractivity contribution in [2.45, 2.75) is 110 Å². The molecule has 1 N–H and O–H groups in total. The number of aryl methyl sites for hydroxylation is 1. The second kappa shape index (κ2) is 16.8. The van der Waals surface area contributed by atoms with Gasteiger partial charge in [0.25, 0.3) is 0 Å². The normalized spacial score (nSPS) is 15.4. The summed E-state index contributed by atoms with van der Waals surface area (Å²) in [6.45, 7) is 27.5. The number of amides is 1.